The Hall–Kier alpha value is -1.32. The van der Waals surface area contributed by atoms with Crippen LogP contribution in [0.1, 0.15) is 20.3 Å². The van der Waals surface area contributed by atoms with Crippen LogP contribution in [0.25, 0.3) is 0 Å². The van der Waals surface area contributed by atoms with Gasteiger partial charge in [0.25, 0.3) is 0 Å². The standard InChI is InChI=1S/C9H16N4/c1-4-7(2)13(3)9-6-5-8(10)11-12-9/h5-7H,4H2,1-3H3,(H2,10,11). The molecule has 2 N–H and O–H groups in total. The minimum atomic E-state index is 0.460. The van der Waals surface area contributed by atoms with Gasteiger partial charge in [0.05, 0.1) is 0 Å². The average Bonchev–Trinajstić information content (AvgIpc) is 2.17. The lowest BCUT2D eigenvalue weighted by molar-refractivity contribution is 0.653. The van der Waals surface area contributed by atoms with Gasteiger partial charge in [0.2, 0.25) is 0 Å². The first-order chi connectivity index (χ1) is 6.15. The lowest BCUT2D eigenvalue weighted by atomic mass is 10.2. The van der Waals surface area contributed by atoms with Gasteiger partial charge in [-0.1, -0.05) is 6.92 Å². The van der Waals surface area contributed by atoms with Crippen molar-refractivity contribution in [2.24, 2.45) is 0 Å². The maximum absolute atomic E-state index is 5.44. The SMILES string of the molecule is CCC(C)N(C)c1ccc(N)nn1. The number of nitrogens with zero attached hydrogens (tertiary/aromatic N) is 3. The number of hydrogen-bond donors (Lipinski definition) is 1. The monoisotopic (exact) mass is 180 g/mol. The highest BCUT2D eigenvalue weighted by Crippen LogP contribution is 2.12. The number of hydrogen-bond acceptors (Lipinski definition) is 4. The van der Waals surface area contributed by atoms with E-state index in [1.807, 2.05) is 13.1 Å². The zero-order valence-electron chi connectivity index (χ0n) is 8.36. The third-order valence-corrected chi connectivity index (χ3v) is 2.28. The topological polar surface area (TPSA) is 55.0 Å². The van der Waals surface area contributed by atoms with Gasteiger partial charge in [-0.25, -0.2) is 0 Å². The van der Waals surface area contributed by atoms with Crippen LogP contribution in [0.3, 0.4) is 0 Å². The van der Waals surface area contributed by atoms with E-state index in [-0.39, 0.29) is 0 Å². The molecule has 1 atom stereocenters. The summed E-state index contributed by atoms with van der Waals surface area (Å²) >= 11 is 0. The quantitative estimate of drug-likeness (QED) is 0.761. The summed E-state index contributed by atoms with van der Waals surface area (Å²) in [5.74, 6) is 1.32. The maximum Gasteiger partial charge on any atom is 0.151 e. The van der Waals surface area contributed by atoms with Crippen LogP contribution in [-0.4, -0.2) is 23.3 Å². The summed E-state index contributed by atoms with van der Waals surface area (Å²) in [6.07, 6.45) is 1.09. The zero-order valence-corrected chi connectivity index (χ0v) is 8.36. The fourth-order valence-corrected chi connectivity index (χ4v) is 1.02. The van der Waals surface area contributed by atoms with Crippen molar-refractivity contribution in [1.82, 2.24) is 10.2 Å². The summed E-state index contributed by atoms with van der Waals surface area (Å²) in [5, 5.41) is 7.80. The molecule has 0 fully saturated rings. The number of nitrogen functional groups attached to an aromatic ring is 1. The third kappa shape index (κ3) is 2.31. The number of rotatable bonds is 3. The molecule has 0 aromatic carbocycles. The molecule has 0 radical (unpaired) electrons. The van der Waals surface area contributed by atoms with Crippen molar-refractivity contribution in [2.45, 2.75) is 26.3 Å². The molecule has 13 heavy (non-hydrogen) atoms. The van der Waals surface area contributed by atoms with Gasteiger partial charge in [0, 0.05) is 13.1 Å². The Morgan fingerprint density at radius 2 is 2.15 bits per heavy atom. The zero-order chi connectivity index (χ0) is 9.84. The van der Waals surface area contributed by atoms with E-state index < -0.39 is 0 Å². The van der Waals surface area contributed by atoms with Crippen molar-refractivity contribution in [3.63, 3.8) is 0 Å². The van der Waals surface area contributed by atoms with Crippen LogP contribution in [0.4, 0.5) is 11.6 Å². The smallest absolute Gasteiger partial charge is 0.151 e. The fraction of sp³-hybridized carbons (Fsp3) is 0.556. The van der Waals surface area contributed by atoms with Crippen molar-refractivity contribution in [2.75, 3.05) is 17.7 Å². The van der Waals surface area contributed by atoms with Gasteiger partial charge in [-0.3, -0.25) is 0 Å². The third-order valence-electron chi connectivity index (χ3n) is 2.28. The summed E-state index contributed by atoms with van der Waals surface area (Å²) in [6.45, 7) is 4.30. The van der Waals surface area contributed by atoms with Gasteiger partial charge in [0.1, 0.15) is 5.82 Å². The molecule has 1 aromatic rings. The van der Waals surface area contributed by atoms with Gasteiger partial charge >= 0.3 is 0 Å². The molecule has 1 unspecified atom stereocenters. The average molecular weight is 180 g/mol. The molecule has 72 valence electrons. The Balaban J connectivity index is 2.77. The van der Waals surface area contributed by atoms with E-state index in [0.717, 1.165) is 12.2 Å². The maximum atomic E-state index is 5.44. The molecule has 0 aliphatic rings. The summed E-state index contributed by atoms with van der Waals surface area (Å²) in [6, 6.07) is 4.12. The number of aromatic nitrogens is 2. The summed E-state index contributed by atoms with van der Waals surface area (Å²) < 4.78 is 0. The van der Waals surface area contributed by atoms with E-state index in [0.29, 0.717) is 11.9 Å². The Labute approximate surface area is 78.8 Å². The molecule has 0 amide bonds. The van der Waals surface area contributed by atoms with E-state index >= 15 is 0 Å². The summed E-state index contributed by atoms with van der Waals surface area (Å²) in [7, 11) is 2.01. The van der Waals surface area contributed by atoms with Crippen LogP contribution >= 0.6 is 0 Å². The first-order valence-electron chi connectivity index (χ1n) is 4.47. The normalized spacial score (nSPS) is 12.5. The van der Waals surface area contributed by atoms with Crippen LogP contribution < -0.4 is 10.6 Å². The van der Waals surface area contributed by atoms with Crippen molar-refractivity contribution in [3.8, 4) is 0 Å². The highest BCUT2D eigenvalue weighted by molar-refractivity contribution is 5.41. The molecule has 4 nitrogen and oxygen atoms in total. The molecular weight excluding hydrogens is 164 g/mol. The molecule has 4 heteroatoms. The van der Waals surface area contributed by atoms with E-state index in [1.165, 1.54) is 0 Å². The van der Waals surface area contributed by atoms with Gasteiger partial charge < -0.3 is 10.6 Å². The van der Waals surface area contributed by atoms with Crippen LogP contribution in [0.2, 0.25) is 0 Å². The Bertz CT molecular complexity index is 257. The minimum absolute atomic E-state index is 0.460. The second-order valence-corrected chi connectivity index (χ2v) is 3.18. The number of anilines is 2. The van der Waals surface area contributed by atoms with Crippen LogP contribution in [0, 0.1) is 0 Å². The van der Waals surface area contributed by atoms with Gasteiger partial charge in [-0.05, 0) is 25.5 Å². The molecule has 0 aliphatic heterocycles. The van der Waals surface area contributed by atoms with Gasteiger partial charge in [-0.2, -0.15) is 0 Å². The highest BCUT2D eigenvalue weighted by Gasteiger charge is 2.08. The first-order valence-corrected chi connectivity index (χ1v) is 4.47. The summed E-state index contributed by atoms with van der Waals surface area (Å²) in [4.78, 5) is 2.09. The molecular formula is C9H16N4. The Morgan fingerprint density at radius 3 is 2.62 bits per heavy atom. The van der Waals surface area contributed by atoms with Gasteiger partial charge in [0.15, 0.2) is 5.82 Å². The van der Waals surface area contributed by atoms with E-state index in [2.05, 4.69) is 28.9 Å². The predicted molar refractivity (Wildman–Crippen MR) is 54.6 cm³/mol. The molecule has 1 aromatic heterocycles. The largest absolute Gasteiger partial charge is 0.382 e. The van der Waals surface area contributed by atoms with Crippen LogP contribution in [0.15, 0.2) is 12.1 Å². The molecule has 0 spiro atoms. The number of nitrogens with two attached hydrogens (primary N) is 1. The molecule has 0 saturated heterocycles. The summed E-state index contributed by atoms with van der Waals surface area (Å²) in [5.41, 5.74) is 5.44. The van der Waals surface area contributed by atoms with Crippen molar-refractivity contribution < 1.29 is 0 Å². The predicted octanol–water partition coefficient (Wildman–Crippen LogP) is 1.29. The molecule has 1 rings (SSSR count). The lowest BCUT2D eigenvalue weighted by Crippen LogP contribution is -2.28. The first kappa shape index (κ1) is 9.77. The fourth-order valence-electron chi connectivity index (χ4n) is 1.02. The molecule has 0 aliphatic carbocycles. The minimum Gasteiger partial charge on any atom is -0.382 e. The lowest BCUT2D eigenvalue weighted by Gasteiger charge is -2.24. The van der Waals surface area contributed by atoms with Crippen LogP contribution in [0.5, 0.6) is 0 Å². The van der Waals surface area contributed by atoms with Gasteiger partial charge in [-0.15, -0.1) is 10.2 Å². The van der Waals surface area contributed by atoms with Crippen molar-refractivity contribution >= 4 is 11.6 Å². The highest BCUT2D eigenvalue weighted by atomic mass is 15.3. The van der Waals surface area contributed by atoms with Crippen molar-refractivity contribution in [1.29, 1.82) is 0 Å². The van der Waals surface area contributed by atoms with E-state index in [4.69, 9.17) is 5.73 Å². The molecule has 1 heterocycles. The van der Waals surface area contributed by atoms with E-state index in [9.17, 15) is 0 Å². The molecule has 0 bridgehead atoms. The van der Waals surface area contributed by atoms with Crippen molar-refractivity contribution in [3.05, 3.63) is 12.1 Å². The Kier molecular flexibility index (Phi) is 3.06. The second kappa shape index (κ2) is 4.07. The van der Waals surface area contributed by atoms with E-state index in [1.54, 1.807) is 6.07 Å². The second-order valence-electron chi connectivity index (χ2n) is 3.18. The van der Waals surface area contributed by atoms with Crippen LogP contribution in [-0.2, 0) is 0 Å². The molecule has 0 saturated carbocycles. The Morgan fingerprint density at radius 1 is 1.46 bits per heavy atom.